The highest BCUT2D eigenvalue weighted by atomic mass is 16.6. The zero-order chi connectivity index (χ0) is 27.4. The molecule has 3 aromatic rings. The highest BCUT2D eigenvalue weighted by Crippen LogP contribution is 2.14. The molecule has 3 rings (SSSR count). The molecule has 3 heterocycles. The van der Waals surface area contributed by atoms with Crippen LogP contribution in [0.3, 0.4) is 0 Å². The third-order valence-electron chi connectivity index (χ3n) is 4.63. The van der Waals surface area contributed by atoms with E-state index in [1.807, 2.05) is 0 Å². The number of aliphatic hydroxyl groups excluding tert-OH is 3. The Hall–Kier alpha value is -4.29. The zero-order valence-corrected chi connectivity index (χ0v) is 19.8. The number of hydrogen-bond donors (Lipinski definition) is 3. The Morgan fingerprint density at radius 1 is 0.611 bits per heavy atom. The lowest BCUT2D eigenvalue weighted by Gasteiger charge is -1.98. The standard InChI is InChI=1S/3C6H9N3O3/c3*1-5-7-4-6(9(11)12)8(5)2-3-10/h3*4,10H,2-3H2,1H3. The van der Waals surface area contributed by atoms with Gasteiger partial charge in [0, 0.05) is 20.8 Å². The van der Waals surface area contributed by atoms with Gasteiger partial charge in [0.25, 0.3) is 0 Å². The van der Waals surface area contributed by atoms with Crippen LogP contribution in [-0.4, -0.2) is 78.6 Å². The van der Waals surface area contributed by atoms with Crippen molar-refractivity contribution >= 4 is 17.5 Å². The van der Waals surface area contributed by atoms with Crippen molar-refractivity contribution < 1.29 is 30.1 Å². The monoisotopic (exact) mass is 513 g/mol. The first-order valence-corrected chi connectivity index (χ1v) is 10.3. The molecule has 0 atom stereocenters. The fourth-order valence-corrected chi connectivity index (χ4v) is 2.94. The maximum absolute atomic E-state index is 10.4. The number of aromatic nitrogens is 6. The third kappa shape index (κ3) is 7.89. The van der Waals surface area contributed by atoms with Crippen LogP contribution in [0.4, 0.5) is 17.5 Å². The smallest absolute Gasteiger partial charge is 0.342 e. The van der Waals surface area contributed by atoms with Gasteiger partial charge in [0.05, 0.1) is 19.8 Å². The van der Waals surface area contributed by atoms with E-state index in [2.05, 4.69) is 15.0 Å². The van der Waals surface area contributed by atoms with Gasteiger partial charge in [-0.05, 0) is 14.8 Å². The topological polar surface area (TPSA) is 244 Å². The number of nitro groups is 3. The van der Waals surface area contributed by atoms with Gasteiger partial charge in [0.15, 0.2) is 17.5 Å². The van der Waals surface area contributed by atoms with Gasteiger partial charge < -0.3 is 45.7 Å². The lowest BCUT2D eigenvalue weighted by atomic mass is 10.6. The highest BCUT2D eigenvalue weighted by Gasteiger charge is 2.17. The Morgan fingerprint density at radius 3 is 1.00 bits per heavy atom. The number of aliphatic hydroxyl groups is 3. The number of imidazole rings is 3. The fraction of sp³-hybridized carbons (Fsp3) is 0.500. The molecule has 0 spiro atoms. The maximum Gasteiger partial charge on any atom is 0.342 e. The minimum Gasteiger partial charge on any atom is -0.392 e. The van der Waals surface area contributed by atoms with E-state index in [4.69, 9.17) is 15.3 Å². The van der Waals surface area contributed by atoms with Gasteiger partial charge in [0.2, 0.25) is 0 Å². The van der Waals surface area contributed by atoms with Crippen molar-refractivity contribution in [1.29, 1.82) is 0 Å². The molecule has 0 radical (unpaired) electrons. The average Bonchev–Trinajstić information content (AvgIpc) is 3.48. The molecule has 198 valence electrons. The van der Waals surface area contributed by atoms with Crippen molar-refractivity contribution in [3.8, 4) is 0 Å². The zero-order valence-electron chi connectivity index (χ0n) is 19.8. The predicted molar refractivity (Wildman–Crippen MR) is 122 cm³/mol. The number of rotatable bonds is 9. The Kier molecular flexibility index (Phi) is 11.7. The molecule has 0 aromatic carbocycles. The normalized spacial score (nSPS) is 10.2. The van der Waals surface area contributed by atoms with Crippen LogP contribution in [0.25, 0.3) is 0 Å². The summed E-state index contributed by atoms with van der Waals surface area (Å²) >= 11 is 0. The molecule has 0 bridgehead atoms. The summed E-state index contributed by atoms with van der Waals surface area (Å²) < 4.78 is 4.08. The van der Waals surface area contributed by atoms with E-state index in [0.717, 1.165) is 0 Å². The molecule has 18 nitrogen and oxygen atoms in total. The summed E-state index contributed by atoms with van der Waals surface area (Å²) in [5, 5.41) is 56.9. The molecule has 0 fully saturated rings. The van der Waals surface area contributed by atoms with Crippen LogP contribution in [0.1, 0.15) is 17.5 Å². The summed E-state index contributed by atoms with van der Waals surface area (Å²) in [6.07, 6.45) is 3.56. The van der Waals surface area contributed by atoms with E-state index >= 15 is 0 Å². The molecule has 3 aromatic heterocycles. The van der Waals surface area contributed by atoms with E-state index in [1.165, 1.54) is 32.3 Å². The molecule has 0 unspecified atom stereocenters. The molecule has 0 saturated carbocycles. The summed E-state index contributed by atoms with van der Waals surface area (Å²) in [5.74, 6) is 1.37. The molecule has 18 heteroatoms. The lowest BCUT2D eigenvalue weighted by molar-refractivity contribution is -0.392. The van der Waals surface area contributed by atoms with Crippen LogP contribution in [0.15, 0.2) is 18.6 Å². The van der Waals surface area contributed by atoms with E-state index in [-0.39, 0.29) is 56.9 Å². The van der Waals surface area contributed by atoms with Crippen molar-refractivity contribution in [1.82, 2.24) is 28.7 Å². The number of aryl methyl sites for hydroxylation is 3. The van der Waals surface area contributed by atoms with Crippen LogP contribution < -0.4 is 0 Å². The summed E-state index contributed by atoms with van der Waals surface area (Å²) in [6.45, 7) is 5.22. The summed E-state index contributed by atoms with van der Waals surface area (Å²) in [7, 11) is 0. The van der Waals surface area contributed by atoms with Crippen molar-refractivity contribution in [2.24, 2.45) is 0 Å². The van der Waals surface area contributed by atoms with Crippen molar-refractivity contribution in [3.63, 3.8) is 0 Å². The van der Waals surface area contributed by atoms with E-state index in [9.17, 15) is 30.3 Å². The molecular weight excluding hydrogens is 486 g/mol. The first kappa shape index (κ1) is 29.7. The summed E-state index contributed by atoms with van der Waals surface area (Å²) in [5.41, 5.74) is 0. The molecule has 0 saturated heterocycles. The summed E-state index contributed by atoms with van der Waals surface area (Å²) in [4.78, 5) is 40.9. The first-order chi connectivity index (χ1) is 17.0. The van der Waals surface area contributed by atoms with Gasteiger partial charge >= 0.3 is 17.5 Å². The van der Waals surface area contributed by atoms with Crippen LogP contribution in [-0.2, 0) is 19.6 Å². The fourth-order valence-electron chi connectivity index (χ4n) is 2.94. The molecule has 0 amide bonds. The van der Waals surface area contributed by atoms with Crippen LogP contribution in [0.2, 0.25) is 0 Å². The predicted octanol–water partition coefficient (Wildman–Crippen LogP) is 0.276. The largest absolute Gasteiger partial charge is 0.392 e. The van der Waals surface area contributed by atoms with E-state index < -0.39 is 14.8 Å². The second-order valence-electron chi connectivity index (χ2n) is 6.89. The Bertz CT molecular complexity index is 1030. The van der Waals surface area contributed by atoms with Gasteiger partial charge in [-0.15, -0.1) is 0 Å². The average molecular weight is 513 g/mol. The van der Waals surface area contributed by atoms with E-state index in [0.29, 0.717) is 17.5 Å². The molecule has 0 aliphatic heterocycles. The van der Waals surface area contributed by atoms with Gasteiger partial charge in [-0.25, -0.2) is 28.7 Å². The number of nitrogens with zero attached hydrogens (tertiary/aromatic N) is 9. The Balaban J connectivity index is 0.000000270. The van der Waals surface area contributed by atoms with Crippen LogP contribution in [0, 0.1) is 51.1 Å². The number of hydrogen-bond acceptors (Lipinski definition) is 12. The quantitative estimate of drug-likeness (QED) is 0.258. The summed E-state index contributed by atoms with van der Waals surface area (Å²) in [6, 6.07) is 0. The molecule has 3 N–H and O–H groups in total. The minimum atomic E-state index is -0.518. The van der Waals surface area contributed by atoms with Gasteiger partial charge in [-0.1, -0.05) is 0 Å². The Morgan fingerprint density at radius 2 is 0.833 bits per heavy atom. The van der Waals surface area contributed by atoms with E-state index in [1.54, 1.807) is 20.8 Å². The van der Waals surface area contributed by atoms with Crippen LogP contribution in [0.5, 0.6) is 0 Å². The molecule has 36 heavy (non-hydrogen) atoms. The van der Waals surface area contributed by atoms with Crippen molar-refractivity contribution in [3.05, 3.63) is 66.4 Å². The van der Waals surface area contributed by atoms with Crippen molar-refractivity contribution in [2.45, 2.75) is 40.4 Å². The van der Waals surface area contributed by atoms with Crippen molar-refractivity contribution in [2.75, 3.05) is 19.8 Å². The lowest BCUT2D eigenvalue weighted by Crippen LogP contribution is -2.07. The molecule has 0 aliphatic rings. The molecular formula is C18H27N9O9. The van der Waals surface area contributed by atoms with Crippen LogP contribution >= 0.6 is 0 Å². The SMILES string of the molecule is Cc1ncc([N+](=O)[O-])n1CCO.Cc1ncc([N+](=O)[O-])n1CCO.Cc1ncc([N+](=O)[O-])n1CCO. The minimum absolute atomic E-state index is 0.0819. The first-order valence-electron chi connectivity index (χ1n) is 10.3. The van der Waals surface area contributed by atoms with Gasteiger partial charge in [-0.2, -0.15) is 0 Å². The highest BCUT2D eigenvalue weighted by molar-refractivity contribution is 5.19. The maximum atomic E-state index is 10.4. The Labute approximate surface area is 203 Å². The third-order valence-corrected chi connectivity index (χ3v) is 4.63. The second kappa shape index (κ2) is 14.2. The van der Waals surface area contributed by atoms with Gasteiger partial charge in [-0.3, -0.25) is 0 Å². The second-order valence-corrected chi connectivity index (χ2v) is 6.89. The van der Waals surface area contributed by atoms with Gasteiger partial charge in [0.1, 0.15) is 38.2 Å². The molecule has 0 aliphatic carbocycles.